The van der Waals surface area contributed by atoms with Crippen molar-refractivity contribution in [3.05, 3.63) is 66.0 Å². The van der Waals surface area contributed by atoms with E-state index in [0.29, 0.717) is 30.1 Å². The molecular weight excluding hydrogens is 452 g/mol. The Hall–Kier alpha value is -3.22. The number of nitrogens with zero attached hydrogens (tertiary/aromatic N) is 3. The molecule has 1 unspecified atom stereocenters. The second kappa shape index (κ2) is 8.37. The van der Waals surface area contributed by atoms with E-state index < -0.39 is 20.0 Å². The zero-order chi connectivity index (χ0) is 22.9. The minimum absolute atomic E-state index is 0.0897. The molecule has 10 nitrogen and oxygen atoms in total. The molecule has 0 fully saturated rings. The van der Waals surface area contributed by atoms with Crippen LogP contribution >= 0.6 is 0 Å². The maximum atomic E-state index is 11.4. The highest BCUT2D eigenvalue weighted by atomic mass is 32.2. The van der Waals surface area contributed by atoms with Crippen LogP contribution < -0.4 is 15.2 Å². The van der Waals surface area contributed by atoms with Gasteiger partial charge in [-0.15, -0.1) is 0 Å². The van der Waals surface area contributed by atoms with E-state index in [4.69, 9.17) is 5.14 Å². The SMILES string of the molecule is CS(=O)(=O)Nc1ccc(-c2cnc3c(NCC4C=CC(S(N)(=O)=O)=CC4)nccn23)cc1. The summed E-state index contributed by atoms with van der Waals surface area (Å²) in [5.41, 5.74) is 2.81. The van der Waals surface area contributed by atoms with Gasteiger partial charge in [0.05, 0.1) is 23.1 Å². The summed E-state index contributed by atoms with van der Waals surface area (Å²) in [6.45, 7) is 0.547. The van der Waals surface area contributed by atoms with Crippen molar-refractivity contribution in [2.75, 3.05) is 22.8 Å². The Kier molecular flexibility index (Phi) is 5.75. The number of hydrogen-bond acceptors (Lipinski definition) is 7. The highest BCUT2D eigenvalue weighted by molar-refractivity contribution is 7.93. The van der Waals surface area contributed by atoms with E-state index in [2.05, 4.69) is 20.0 Å². The summed E-state index contributed by atoms with van der Waals surface area (Å²) in [7, 11) is -7.02. The van der Waals surface area contributed by atoms with Crippen LogP contribution in [-0.4, -0.2) is 44.0 Å². The van der Waals surface area contributed by atoms with Crippen LogP contribution in [0.4, 0.5) is 11.5 Å². The van der Waals surface area contributed by atoms with Gasteiger partial charge in [-0.2, -0.15) is 0 Å². The second-order valence-corrected chi connectivity index (χ2v) is 10.8. The summed E-state index contributed by atoms with van der Waals surface area (Å²) < 4.78 is 49.9. The van der Waals surface area contributed by atoms with Gasteiger partial charge in [0, 0.05) is 30.2 Å². The zero-order valence-corrected chi connectivity index (χ0v) is 18.8. The molecule has 168 valence electrons. The number of allylic oxidation sites excluding steroid dienone is 2. The fourth-order valence-corrected chi connectivity index (χ4v) is 4.58. The van der Waals surface area contributed by atoms with Crippen molar-refractivity contribution in [2.45, 2.75) is 6.42 Å². The number of hydrogen-bond donors (Lipinski definition) is 3. The minimum Gasteiger partial charge on any atom is -0.366 e. The van der Waals surface area contributed by atoms with Crippen molar-refractivity contribution in [3.63, 3.8) is 0 Å². The van der Waals surface area contributed by atoms with Crippen LogP contribution in [-0.2, 0) is 20.0 Å². The highest BCUT2D eigenvalue weighted by Crippen LogP contribution is 2.26. The number of nitrogens with two attached hydrogens (primary N) is 1. The number of anilines is 2. The smallest absolute Gasteiger partial charge is 0.237 e. The van der Waals surface area contributed by atoms with Gasteiger partial charge < -0.3 is 5.32 Å². The molecule has 0 amide bonds. The Morgan fingerprint density at radius 2 is 1.91 bits per heavy atom. The maximum absolute atomic E-state index is 11.4. The van der Waals surface area contributed by atoms with E-state index in [9.17, 15) is 16.8 Å². The van der Waals surface area contributed by atoms with Crippen molar-refractivity contribution < 1.29 is 16.8 Å². The fraction of sp³-hybridized carbons (Fsp3) is 0.200. The monoisotopic (exact) mass is 474 g/mol. The predicted molar refractivity (Wildman–Crippen MR) is 124 cm³/mol. The fourth-order valence-electron chi connectivity index (χ4n) is 3.42. The number of primary sulfonamides is 1. The molecule has 4 rings (SSSR count). The number of nitrogens with one attached hydrogen (secondary N) is 2. The molecule has 0 saturated heterocycles. The van der Waals surface area contributed by atoms with Gasteiger partial charge in [-0.3, -0.25) is 9.12 Å². The molecule has 0 radical (unpaired) electrons. The molecule has 32 heavy (non-hydrogen) atoms. The number of rotatable bonds is 7. The van der Waals surface area contributed by atoms with Gasteiger partial charge in [-0.25, -0.2) is 31.9 Å². The number of aromatic nitrogens is 3. The molecular formula is C20H22N6O4S2. The first-order valence-corrected chi connectivity index (χ1v) is 13.1. The molecule has 0 spiro atoms. The van der Waals surface area contributed by atoms with Gasteiger partial charge in [-0.05, 0) is 30.5 Å². The molecule has 1 aromatic carbocycles. The number of sulfonamides is 2. The quantitative estimate of drug-likeness (QED) is 0.474. The van der Waals surface area contributed by atoms with Crippen molar-refractivity contribution in [1.82, 2.24) is 14.4 Å². The van der Waals surface area contributed by atoms with Crippen LogP contribution in [0.15, 0.2) is 66.0 Å². The van der Waals surface area contributed by atoms with Gasteiger partial charge in [0.15, 0.2) is 11.5 Å². The summed E-state index contributed by atoms with van der Waals surface area (Å²) in [5, 5.41) is 8.43. The van der Waals surface area contributed by atoms with E-state index in [1.807, 2.05) is 22.6 Å². The third-order valence-electron chi connectivity index (χ3n) is 4.93. The first-order chi connectivity index (χ1) is 15.1. The Labute approximate surface area is 186 Å². The zero-order valence-electron chi connectivity index (χ0n) is 17.1. The Morgan fingerprint density at radius 1 is 1.16 bits per heavy atom. The van der Waals surface area contributed by atoms with Gasteiger partial charge >= 0.3 is 0 Å². The Balaban J connectivity index is 1.50. The first kappa shape index (κ1) is 22.0. The summed E-state index contributed by atoms with van der Waals surface area (Å²) in [6, 6.07) is 7.00. The Morgan fingerprint density at radius 3 is 2.53 bits per heavy atom. The summed E-state index contributed by atoms with van der Waals surface area (Å²) in [5.74, 6) is 0.690. The minimum atomic E-state index is -3.69. The van der Waals surface area contributed by atoms with Crippen molar-refractivity contribution in [2.24, 2.45) is 11.1 Å². The molecule has 1 atom stereocenters. The molecule has 0 saturated carbocycles. The maximum Gasteiger partial charge on any atom is 0.237 e. The van der Waals surface area contributed by atoms with Crippen LogP contribution in [0.25, 0.3) is 16.9 Å². The van der Waals surface area contributed by atoms with Crippen molar-refractivity contribution in [1.29, 1.82) is 0 Å². The van der Waals surface area contributed by atoms with E-state index in [-0.39, 0.29) is 10.8 Å². The van der Waals surface area contributed by atoms with Crippen molar-refractivity contribution in [3.8, 4) is 11.3 Å². The molecule has 1 aliphatic rings. The molecule has 12 heteroatoms. The number of benzene rings is 1. The van der Waals surface area contributed by atoms with Gasteiger partial charge in [0.2, 0.25) is 20.0 Å². The lowest BCUT2D eigenvalue weighted by Gasteiger charge is -2.16. The third-order valence-corrected chi connectivity index (χ3v) is 6.49. The van der Waals surface area contributed by atoms with E-state index in [1.165, 1.54) is 6.08 Å². The standard InChI is InChI=1S/C20H22N6O4S2/c1-31(27,28)25-16-6-4-15(5-7-16)18-13-24-20-19(22-10-11-26(18)20)23-12-14-2-8-17(9-3-14)32(21,29)30/h2,4-11,13-14,25H,3,12H2,1H3,(H,22,23)(H2,21,29,30). The third kappa shape index (κ3) is 4.98. The molecule has 0 bridgehead atoms. The number of imidazole rings is 1. The lowest BCUT2D eigenvalue weighted by molar-refractivity contribution is 0.602. The summed E-state index contributed by atoms with van der Waals surface area (Å²) in [6.07, 6.45) is 11.8. The lowest BCUT2D eigenvalue weighted by atomic mass is 10.0. The van der Waals surface area contributed by atoms with Gasteiger partial charge in [-0.1, -0.05) is 24.3 Å². The van der Waals surface area contributed by atoms with Crippen LogP contribution in [0, 0.1) is 5.92 Å². The van der Waals surface area contributed by atoms with Crippen LogP contribution in [0.5, 0.6) is 0 Å². The number of fused-ring (bicyclic) bond motifs is 1. The molecule has 1 aliphatic carbocycles. The summed E-state index contributed by atoms with van der Waals surface area (Å²) in [4.78, 5) is 9.00. The highest BCUT2D eigenvalue weighted by Gasteiger charge is 2.16. The van der Waals surface area contributed by atoms with Gasteiger partial charge in [0.1, 0.15) is 0 Å². The average Bonchev–Trinajstić information content (AvgIpc) is 3.16. The predicted octanol–water partition coefficient (Wildman–Crippen LogP) is 1.93. The molecule has 2 aromatic heterocycles. The van der Waals surface area contributed by atoms with E-state index in [1.54, 1.807) is 36.8 Å². The Bertz CT molecular complexity index is 1420. The van der Waals surface area contributed by atoms with E-state index in [0.717, 1.165) is 17.5 Å². The lowest BCUT2D eigenvalue weighted by Crippen LogP contribution is -2.19. The van der Waals surface area contributed by atoms with E-state index >= 15 is 0 Å². The van der Waals surface area contributed by atoms with Crippen LogP contribution in [0.2, 0.25) is 0 Å². The largest absolute Gasteiger partial charge is 0.366 e. The average molecular weight is 475 g/mol. The summed E-state index contributed by atoms with van der Waals surface area (Å²) >= 11 is 0. The molecule has 4 N–H and O–H groups in total. The second-order valence-electron chi connectivity index (χ2n) is 7.45. The van der Waals surface area contributed by atoms with Gasteiger partial charge in [0.25, 0.3) is 0 Å². The first-order valence-electron chi connectivity index (χ1n) is 9.65. The molecule has 0 aliphatic heterocycles. The van der Waals surface area contributed by atoms with Crippen LogP contribution in [0.3, 0.4) is 0 Å². The van der Waals surface area contributed by atoms with Crippen molar-refractivity contribution >= 4 is 37.2 Å². The molecule has 3 aromatic rings. The van der Waals surface area contributed by atoms with Crippen LogP contribution in [0.1, 0.15) is 6.42 Å². The molecule has 2 heterocycles. The normalized spacial score (nSPS) is 16.7. The topological polar surface area (TPSA) is 149 Å².